The molecule has 0 spiro atoms. The average molecular weight is 238 g/mol. The van der Waals surface area contributed by atoms with Crippen molar-refractivity contribution in [2.45, 2.75) is 4.82 Å². The predicted octanol–water partition coefficient (Wildman–Crippen LogP) is 0.458. The number of hydrogen-bond acceptors (Lipinski definition) is 3. The van der Waals surface area contributed by atoms with Crippen LogP contribution in [0, 0.1) is 0 Å². The Bertz CT molecular complexity index is 359. The third-order valence-corrected chi connectivity index (χ3v) is 2.71. The molecule has 5 heteroatoms. The van der Waals surface area contributed by atoms with E-state index in [0.717, 1.165) is 5.56 Å². The molecule has 65 valence electrons. The molecule has 1 radical (unpaired) electrons. The molecule has 0 bridgehead atoms. The minimum absolute atomic E-state index is 0.0694. The summed E-state index contributed by atoms with van der Waals surface area (Å²) in [7, 11) is 0. The molecule has 0 saturated carbocycles. The van der Waals surface area contributed by atoms with Gasteiger partial charge in [-0.15, -0.1) is 0 Å². The maximum atomic E-state index is 3.91. The van der Waals surface area contributed by atoms with Gasteiger partial charge in [0.1, 0.15) is 0 Å². The normalized spacial score (nSPS) is 12.7. The molecule has 1 unspecified atom stereocenters. The summed E-state index contributed by atoms with van der Waals surface area (Å²) in [5.41, 5.74) is 1.14. The van der Waals surface area contributed by atoms with Crippen LogP contribution in [0.5, 0.6) is 0 Å². The summed E-state index contributed by atoms with van der Waals surface area (Å²) >= 11 is 3.01. The standard InChI is InChI=1S/C8H7N4Se/c13-7(8-9-11-12-10-8)6-4-2-1-3-5-6/h1-5,7H,(H,9,10,11,12). The number of nitrogens with one attached hydrogen (secondary N) is 1. The quantitative estimate of drug-likeness (QED) is 0.773. The topological polar surface area (TPSA) is 54.5 Å². The molecule has 1 atom stereocenters. The van der Waals surface area contributed by atoms with Gasteiger partial charge in [0.2, 0.25) is 0 Å². The first-order valence-corrected chi connectivity index (χ1v) is 4.81. The summed E-state index contributed by atoms with van der Waals surface area (Å²) in [5, 5.41) is 13.8. The van der Waals surface area contributed by atoms with E-state index in [9.17, 15) is 0 Å². The predicted molar refractivity (Wildman–Crippen MR) is 48.2 cm³/mol. The van der Waals surface area contributed by atoms with Crippen molar-refractivity contribution in [2.24, 2.45) is 0 Å². The molecule has 1 aromatic heterocycles. The van der Waals surface area contributed by atoms with Gasteiger partial charge in [-0.3, -0.25) is 0 Å². The van der Waals surface area contributed by atoms with Gasteiger partial charge < -0.3 is 0 Å². The molecule has 13 heavy (non-hydrogen) atoms. The van der Waals surface area contributed by atoms with Crippen LogP contribution in [0.15, 0.2) is 30.3 Å². The number of tetrazole rings is 1. The van der Waals surface area contributed by atoms with Crippen LogP contribution < -0.4 is 0 Å². The number of aromatic amines is 1. The van der Waals surface area contributed by atoms with Crippen LogP contribution in [0.3, 0.4) is 0 Å². The second kappa shape index (κ2) is 3.68. The first-order valence-electron chi connectivity index (χ1n) is 3.82. The molecule has 1 N–H and O–H groups in total. The summed E-state index contributed by atoms with van der Waals surface area (Å²) in [6, 6.07) is 10.0. The second-order valence-corrected chi connectivity index (χ2v) is 3.55. The molecule has 0 saturated heterocycles. The number of nitrogens with zero attached hydrogens (tertiary/aromatic N) is 3. The van der Waals surface area contributed by atoms with Gasteiger partial charge >= 0.3 is 83.2 Å². The molecule has 0 amide bonds. The van der Waals surface area contributed by atoms with Crippen molar-refractivity contribution in [2.75, 3.05) is 0 Å². The number of hydrogen-bond donors (Lipinski definition) is 1. The van der Waals surface area contributed by atoms with Gasteiger partial charge in [0, 0.05) is 0 Å². The van der Waals surface area contributed by atoms with Crippen molar-refractivity contribution in [3.63, 3.8) is 0 Å². The maximum absolute atomic E-state index is 3.91. The van der Waals surface area contributed by atoms with E-state index in [0.29, 0.717) is 5.82 Å². The summed E-state index contributed by atoms with van der Waals surface area (Å²) in [6.45, 7) is 0. The Morgan fingerprint density at radius 1 is 1.23 bits per heavy atom. The molecule has 0 fully saturated rings. The van der Waals surface area contributed by atoms with Crippen molar-refractivity contribution >= 4 is 16.0 Å². The van der Waals surface area contributed by atoms with Crippen LogP contribution in [0.1, 0.15) is 16.2 Å². The Kier molecular flexibility index (Phi) is 2.38. The van der Waals surface area contributed by atoms with Crippen LogP contribution in [0.2, 0.25) is 0 Å². The van der Waals surface area contributed by atoms with E-state index in [2.05, 4.69) is 36.6 Å². The summed E-state index contributed by atoms with van der Waals surface area (Å²) in [5.74, 6) is 0.672. The van der Waals surface area contributed by atoms with Gasteiger partial charge in [-0.25, -0.2) is 0 Å². The summed E-state index contributed by atoms with van der Waals surface area (Å²) in [4.78, 5) is 0.0694. The molecule has 2 aromatic rings. The molecule has 1 aromatic carbocycles. The molecule has 0 aliphatic carbocycles. The zero-order chi connectivity index (χ0) is 9.10. The third kappa shape index (κ3) is 1.76. The van der Waals surface area contributed by atoms with E-state index in [1.807, 2.05) is 30.3 Å². The molecular weight excluding hydrogens is 231 g/mol. The van der Waals surface area contributed by atoms with Gasteiger partial charge in [-0.2, -0.15) is 0 Å². The number of benzene rings is 1. The number of rotatable bonds is 2. The Hall–Kier alpha value is -1.19. The first-order chi connectivity index (χ1) is 6.38. The van der Waals surface area contributed by atoms with Gasteiger partial charge in [-0.1, -0.05) is 0 Å². The molecule has 4 nitrogen and oxygen atoms in total. The fourth-order valence-electron chi connectivity index (χ4n) is 1.06. The van der Waals surface area contributed by atoms with E-state index in [1.54, 1.807) is 0 Å². The molecule has 0 aliphatic heterocycles. The van der Waals surface area contributed by atoms with E-state index in [4.69, 9.17) is 0 Å². The monoisotopic (exact) mass is 239 g/mol. The SMILES string of the molecule is [Se]C(c1ccccc1)c1nn[nH]n1. The Labute approximate surface area is 83.6 Å². The van der Waals surface area contributed by atoms with Gasteiger partial charge in [-0.05, 0) is 0 Å². The van der Waals surface area contributed by atoms with Crippen molar-refractivity contribution in [1.29, 1.82) is 0 Å². The third-order valence-electron chi connectivity index (χ3n) is 1.70. The van der Waals surface area contributed by atoms with Crippen LogP contribution in [0.4, 0.5) is 0 Å². The Morgan fingerprint density at radius 2 is 2.00 bits per heavy atom. The molecule has 1 heterocycles. The number of aromatic nitrogens is 4. The minimum atomic E-state index is 0.0694. The summed E-state index contributed by atoms with van der Waals surface area (Å²) < 4.78 is 0. The fourth-order valence-corrected chi connectivity index (χ4v) is 1.60. The van der Waals surface area contributed by atoms with Crippen LogP contribution in [0.25, 0.3) is 0 Å². The summed E-state index contributed by atoms with van der Waals surface area (Å²) in [6.07, 6.45) is 0. The van der Waals surface area contributed by atoms with Crippen molar-refractivity contribution in [3.05, 3.63) is 41.7 Å². The zero-order valence-corrected chi connectivity index (χ0v) is 8.43. The zero-order valence-electron chi connectivity index (χ0n) is 6.71. The Morgan fingerprint density at radius 3 is 2.62 bits per heavy atom. The van der Waals surface area contributed by atoms with Gasteiger partial charge in [0.25, 0.3) is 0 Å². The average Bonchev–Trinajstić information content (AvgIpc) is 2.71. The van der Waals surface area contributed by atoms with E-state index in [1.165, 1.54) is 0 Å². The second-order valence-electron chi connectivity index (χ2n) is 2.56. The van der Waals surface area contributed by atoms with Crippen molar-refractivity contribution in [3.8, 4) is 0 Å². The van der Waals surface area contributed by atoms with Gasteiger partial charge in [0.05, 0.1) is 0 Å². The van der Waals surface area contributed by atoms with Crippen molar-refractivity contribution in [1.82, 2.24) is 20.6 Å². The Balaban J connectivity index is 2.29. The van der Waals surface area contributed by atoms with Crippen molar-refractivity contribution < 1.29 is 0 Å². The number of H-pyrrole nitrogens is 1. The van der Waals surface area contributed by atoms with Crippen LogP contribution in [-0.2, 0) is 0 Å². The van der Waals surface area contributed by atoms with E-state index >= 15 is 0 Å². The van der Waals surface area contributed by atoms with E-state index < -0.39 is 0 Å². The van der Waals surface area contributed by atoms with Crippen LogP contribution in [-0.4, -0.2) is 36.6 Å². The van der Waals surface area contributed by atoms with E-state index in [-0.39, 0.29) is 4.82 Å². The van der Waals surface area contributed by atoms with Crippen LogP contribution >= 0.6 is 0 Å². The molecular formula is C8H7N4Se. The van der Waals surface area contributed by atoms with Gasteiger partial charge in [0.15, 0.2) is 0 Å². The first kappa shape index (κ1) is 8.41. The molecule has 2 rings (SSSR count). The fraction of sp³-hybridized carbons (Fsp3) is 0.125. The molecule has 0 aliphatic rings.